The van der Waals surface area contributed by atoms with Crippen molar-refractivity contribution in [1.82, 2.24) is 0 Å². The van der Waals surface area contributed by atoms with Crippen LogP contribution in [-0.2, 0) is 6.42 Å². The van der Waals surface area contributed by atoms with E-state index in [0.717, 1.165) is 11.3 Å². The number of hydrogen-bond acceptors (Lipinski definition) is 4. The first-order chi connectivity index (χ1) is 7.63. The number of nitrogens with two attached hydrogens (primary N) is 1. The Morgan fingerprint density at radius 2 is 1.62 bits per heavy atom. The van der Waals surface area contributed by atoms with Crippen LogP contribution in [0.4, 0.5) is 0 Å². The van der Waals surface area contributed by atoms with E-state index in [0.29, 0.717) is 17.9 Å². The molecule has 0 aliphatic rings. The summed E-state index contributed by atoms with van der Waals surface area (Å²) in [4.78, 5) is 0. The summed E-state index contributed by atoms with van der Waals surface area (Å²) in [5.74, 6) is 2.16. The van der Waals surface area contributed by atoms with Crippen LogP contribution >= 0.6 is 0 Å². The van der Waals surface area contributed by atoms with Crippen LogP contribution in [0.5, 0.6) is 17.2 Å². The lowest BCUT2D eigenvalue weighted by molar-refractivity contribution is 0.342. The van der Waals surface area contributed by atoms with E-state index in [1.807, 2.05) is 19.1 Å². The second kappa shape index (κ2) is 5.61. The molecule has 16 heavy (non-hydrogen) atoms. The van der Waals surface area contributed by atoms with Gasteiger partial charge in [0.1, 0.15) is 5.75 Å². The molecular weight excluding hydrogens is 206 g/mol. The van der Waals surface area contributed by atoms with Gasteiger partial charge in [0.15, 0.2) is 11.5 Å². The van der Waals surface area contributed by atoms with Gasteiger partial charge in [0.05, 0.1) is 21.3 Å². The predicted octanol–water partition coefficient (Wildman–Crippen LogP) is 1.60. The van der Waals surface area contributed by atoms with Gasteiger partial charge in [-0.15, -0.1) is 0 Å². The van der Waals surface area contributed by atoms with Gasteiger partial charge in [0.25, 0.3) is 0 Å². The Hall–Kier alpha value is -1.42. The highest BCUT2D eigenvalue weighted by molar-refractivity contribution is 5.54. The molecule has 0 saturated carbocycles. The van der Waals surface area contributed by atoms with Crippen LogP contribution < -0.4 is 19.9 Å². The zero-order chi connectivity index (χ0) is 12.1. The Labute approximate surface area is 96.3 Å². The molecule has 0 unspecified atom stereocenters. The Bertz CT molecular complexity index is 350. The highest BCUT2D eigenvalue weighted by Crippen LogP contribution is 2.37. The molecule has 0 heterocycles. The quantitative estimate of drug-likeness (QED) is 0.827. The summed E-state index contributed by atoms with van der Waals surface area (Å²) in [7, 11) is 4.86. The third-order valence-electron chi connectivity index (χ3n) is 2.35. The molecule has 2 N–H and O–H groups in total. The van der Waals surface area contributed by atoms with Gasteiger partial charge in [-0.05, 0) is 25.5 Å². The largest absolute Gasteiger partial charge is 0.496 e. The number of hydrogen-bond donors (Lipinski definition) is 1. The second-order valence-corrected chi connectivity index (χ2v) is 3.66. The molecule has 4 nitrogen and oxygen atoms in total. The van der Waals surface area contributed by atoms with E-state index >= 15 is 0 Å². The minimum Gasteiger partial charge on any atom is -0.496 e. The van der Waals surface area contributed by atoms with Crippen LogP contribution in [0.2, 0.25) is 0 Å². The smallest absolute Gasteiger partial charge is 0.167 e. The molecule has 1 rings (SSSR count). The van der Waals surface area contributed by atoms with Crippen LogP contribution in [0.1, 0.15) is 12.5 Å². The second-order valence-electron chi connectivity index (χ2n) is 3.66. The van der Waals surface area contributed by atoms with Crippen molar-refractivity contribution < 1.29 is 14.2 Å². The van der Waals surface area contributed by atoms with Crippen molar-refractivity contribution in [3.05, 3.63) is 17.7 Å². The van der Waals surface area contributed by atoms with Gasteiger partial charge in [-0.2, -0.15) is 0 Å². The Balaban J connectivity index is 3.25. The lowest BCUT2D eigenvalue weighted by atomic mass is 10.0. The summed E-state index contributed by atoms with van der Waals surface area (Å²) in [6.07, 6.45) is 0.684. The summed E-state index contributed by atoms with van der Waals surface area (Å²) < 4.78 is 15.9. The zero-order valence-corrected chi connectivity index (χ0v) is 10.2. The van der Waals surface area contributed by atoms with E-state index in [4.69, 9.17) is 19.9 Å². The number of methoxy groups -OCH3 is 3. The maximum Gasteiger partial charge on any atom is 0.167 e. The Kier molecular flexibility index (Phi) is 4.43. The third kappa shape index (κ3) is 2.58. The summed E-state index contributed by atoms with van der Waals surface area (Å²) in [5.41, 5.74) is 6.76. The van der Waals surface area contributed by atoms with Gasteiger partial charge in [0.2, 0.25) is 0 Å². The third-order valence-corrected chi connectivity index (χ3v) is 2.35. The normalized spacial score (nSPS) is 12.1. The van der Waals surface area contributed by atoms with Gasteiger partial charge < -0.3 is 19.9 Å². The number of benzene rings is 1. The molecule has 1 aromatic carbocycles. The summed E-state index contributed by atoms with van der Waals surface area (Å²) >= 11 is 0. The highest BCUT2D eigenvalue weighted by atomic mass is 16.5. The molecule has 0 aliphatic heterocycles. The summed E-state index contributed by atoms with van der Waals surface area (Å²) in [6, 6.07) is 3.72. The van der Waals surface area contributed by atoms with Crippen molar-refractivity contribution in [1.29, 1.82) is 0 Å². The first-order valence-corrected chi connectivity index (χ1v) is 5.17. The molecule has 90 valence electrons. The molecule has 0 amide bonds. The van der Waals surface area contributed by atoms with E-state index in [2.05, 4.69) is 0 Å². The average Bonchev–Trinajstić information content (AvgIpc) is 2.27. The fourth-order valence-electron chi connectivity index (χ4n) is 1.68. The molecule has 0 bridgehead atoms. The maximum atomic E-state index is 5.81. The molecular formula is C12H19NO3. The van der Waals surface area contributed by atoms with E-state index in [1.54, 1.807) is 21.3 Å². The van der Waals surface area contributed by atoms with E-state index < -0.39 is 0 Å². The van der Waals surface area contributed by atoms with Gasteiger partial charge in [0, 0.05) is 11.6 Å². The van der Waals surface area contributed by atoms with Crippen LogP contribution in [0.25, 0.3) is 0 Å². The Morgan fingerprint density at radius 3 is 2.06 bits per heavy atom. The fraction of sp³-hybridized carbons (Fsp3) is 0.500. The average molecular weight is 225 g/mol. The Morgan fingerprint density at radius 1 is 1.06 bits per heavy atom. The van der Waals surface area contributed by atoms with Crippen LogP contribution in [0, 0.1) is 0 Å². The van der Waals surface area contributed by atoms with Gasteiger partial charge in [-0.3, -0.25) is 0 Å². The van der Waals surface area contributed by atoms with E-state index in [9.17, 15) is 0 Å². The molecule has 0 saturated heterocycles. The van der Waals surface area contributed by atoms with E-state index in [-0.39, 0.29) is 6.04 Å². The molecule has 4 heteroatoms. The van der Waals surface area contributed by atoms with Crippen LogP contribution in [0.15, 0.2) is 12.1 Å². The van der Waals surface area contributed by atoms with E-state index in [1.165, 1.54) is 0 Å². The molecule has 0 spiro atoms. The van der Waals surface area contributed by atoms with Crippen molar-refractivity contribution in [2.24, 2.45) is 5.73 Å². The van der Waals surface area contributed by atoms with Crippen molar-refractivity contribution in [2.75, 3.05) is 21.3 Å². The fourth-order valence-corrected chi connectivity index (χ4v) is 1.68. The van der Waals surface area contributed by atoms with Crippen LogP contribution in [-0.4, -0.2) is 27.4 Å². The summed E-state index contributed by atoms with van der Waals surface area (Å²) in [5, 5.41) is 0. The topological polar surface area (TPSA) is 53.7 Å². The van der Waals surface area contributed by atoms with Crippen LogP contribution in [0.3, 0.4) is 0 Å². The van der Waals surface area contributed by atoms with Crippen molar-refractivity contribution in [3.8, 4) is 17.2 Å². The van der Waals surface area contributed by atoms with Crippen molar-refractivity contribution in [2.45, 2.75) is 19.4 Å². The van der Waals surface area contributed by atoms with Gasteiger partial charge in [-0.25, -0.2) is 0 Å². The lowest BCUT2D eigenvalue weighted by Crippen LogP contribution is -2.18. The molecule has 1 atom stereocenters. The monoisotopic (exact) mass is 225 g/mol. The molecule has 0 radical (unpaired) electrons. The zero-order valence-electron chi connectivity index (χ0n) is 10.2. The molecule has 0 aromatic heterocycles. The minimum atomic E-state index is 0.0370. The maximum absolute atomic E-state index is 5.81. The molecule has 0 aliphatic carbocycles. The number of rotatable bonds is 5. The van der Waals surface area contributed by atoms with Gasteiger partial charge >= 0.3 is 0 Å². The predicted molar refractivity (Wildman–Crippen MR) is 63.5 cm³/mol. The molecule has 0 fully saturated rings. The van der Waals surface area contributed by atoms with Crippen molar-refractivity contribution in [3.63, 3.8) is 0 Å². The minimum absolute atomic E-state index is 0.0370. The number of ether oxygens (including phenoxy) is 3. The lowest BCUT2D eigenvalue weighted by Gasteiger charge is -2.17. The van der Waals surface area contributed by atoms with Gasteiger partial charge in [-0.1, -0.05) is 0 Å². The first-order valence-electron chi connectivity index (χ1n) is 5.17. The van der Waals surface area contributed by atoms with Crippen molar-refractivity contribution >= 4 is 0 Å². The highest BCUT2D eigenvalue weighted by Gasteiger charge is 2.16. The SMILES string of the molecule is COc1ccc(OC)c(OC)c1C[C@H](C)N. The summed E-state index contributed by atoms with van der Waals surface area (Å²) in [6.45, 7) is 1.94. The molecule has 1 aromatic rings. The standard InChI is InChI=1S/C12H19NO3/c1-8(13)7-9-10(14-2)5-6-11(15-3)12(9)16-4/h5-6,8H,7,13H2,1-4H3/t8-/m0/s1. The first kappa shape index (κ1) is 12.6.